The van der Waals surface area contributed by atoms with Gasteiger partial charge in [0.2, 0.25) is 5.91 Å². The Hall–Kier alpha value is -3.45. The molecular weight excluding hydrogens is 414 g/mol. The highest BCUT2D eigenvalue weighted by Crippen LogP contribution is 2.33. The topological polar surface area (TPSA) is 104 Å². The Labute approximate surface area is 193 Å². The summed E-state index contributed by atoms with van der Waals surface area (Å²) in [5.41, 5.74) is 10.5. The molecule has 2 fully saturated rings. The van der Waals surface area contributed by atoms with Gasteiger partial charge in [-0.1, -0.05) is 30.4 Å². The molecule has 3 aliphatic rings. The van der Waals surface area contributed by atoms with Crippen molar-refractivity contribution in [2.45, 2.75) is 13.0 Å². The molecule has 170 valence electrons. The van der Waals surface area contributed by atoms with E-state index in [0.717, 1.165) is 49.4 Å². The van der Waals surface area contributed by atoms with E-state index in [1.54, 1.807) is 6.20 Å². The highest BCUT2D eigenvalue weighted by Gasteiger charge is 2.37. The second-order valence-corrected chi connectivity index (χ2v) is 9.01. The Morgan fingerprint density at radius 2 is 1.94 bits per heavy atom. The molecule has 1 atom stereocenters. The maximum absolute atomic E-state index is 12.7. The van der Waals surface area contributed by atoms with Crippen LogP contribution in [0.5, 0.6) is 0 Å². The van der Waals surface area contributed by atoms with Crippen LogP contribution in [0, 0.1) is 23.2 Å². The summed E-state index contributed by atoms with van der Waals surface area (Å²) in [4.78, 5) is 19.3. The average molecular weight is 444 g/mol. The third-order valence-electron chi connectivity index (χ3n) is 6.81. The summed E-state index contributed by atoms with van der Waals surface area (Å²) in [6, 6.07) is 13.7. The van der Waals surface area contributed by atoms with E-state index in [2.05, 4.69) is 27.3 Å². The molecule has 4 N–H and O–H groups in total. The highest BCUT2D eigenvalue weighted by molar-refractivity contribution is 6.13. The summed E-state index contributed by atoms with van der Waals surface area (Å²) in [6.07, 6.45) is 5.89. The molecular formula is C26H29N5O2. The van der Waals surface area contributed by atoms with Crippen LogP contribution in [0.3, 0.4) is 0 Å². The van der Waals surface area contributed by atoms with Crippen LogP contribution in [0.1, 0.15) is 17.7 Å². The lowest BCUT2D eigenvalue weighted by molar-refractivity contribution is -0.123. The van der Waals surface area contributed by atoms with Crippen LogP contribution in [-0.2, 0) is 16.1 Å². The van der Waals surface area contributed by atoms with Gasteiger partial charge in [-0.15, -0.1) is 0 Å². The quantitative estimate of drug-likeness (QED) is 0.571. The number of allylic oxidation sites excluding steroid dienone is 2. The van der Waals surface area contributed by atoms with Gasteiger partial charge in [-0.05, 0) is 30.7 Å². The Balaban J connectivity index is 1.21. The number of nitrogens with one attached hydrogen (secondary N) is 2. The van der Waals surface area contributed by atoms with Gasteiger partial charge >= 0.3 is 0 Å². The number of carbonyl (C=O) groups excluding carboxylic acids is 1. The van der Waals surface area contributed by atoms with Crippen molar-refractivity contribution in [2.75, 3.05) is 31.2 Å². The number of nitrogens with two attached hydrogens (primary N) is 1. The normalized spacial score (nSPS) is 20.8. The van der Waals surface area contributed by atoms with E-state index in [-0.39, 0.29) is 11.8 Å². The molecule has 5 rings (SSSR count). The number of anilines is 1. The summed E-state index contributed by atoms with van der Waals surface area (Å²) in [7, 11) is 0. The van der Waals surface area contributed by atoms with Crippen molar-refractivity contribution in [3.8, 4) is 0 Å². The third kappa shape index (κ3) is 4.54. The van der Waals surface area contributed by atoms with Gasteiger partial charge in [-0.2, -0.15) is 0 Å². The molecule has 3 heterocycles. The van der Waals surface area contributed by atoms with Gasteiger partial charge in [0, 0.05) is 53.6 Å². The number of hydrogen-bond donors (Lipinski definition) is 3. The number of ether oxygens (including phenoxy) is 1. The predicted molar refractivity (Wildman–Crippen MR) is 128 cm³/mol. The Kier molecular flexibility index (Phi) is 5.96. The van der Waals surface area contributed by atoms with Crippen molar-refractivity contribution in [3.05, 3.63) is 83.3 Å². The van der Waals surface area contributed by atoms with E-state index in [9.17, 15) is 4.79 Å². The molecule has 2 aromatic rings. The van der Waals surface area contributed by atoms with Crippen molar-refractivity contribution >= 4 is 17.3 Å². The second kappa shape index (κ2) is 9.19. The van der Waals surface area contributed by atoms with E-state index >= 15 is 0 Å². The molecule has 0 spiro atoms. The van der Waals surface area contributed by atoms with Gasteiger partial charge < -0.3 is 20.7 Å². The number of benzene rings is 1. The number of aromatic nitrogens is 1. The molecule has 0 bridgehead atoms. The maximum atomic E-state index is 12.7. The number of carbonyl (C=O) groups is 1. The van der Waals surface area contributed by atoms with Crippen molar-refractivity contribution < 1.29 is 9.53 Å². The van der Waals surface area contributed by atoms with E-state index in [0.29, 0.717) is 29.9 Å². The number of nitrogens with zero attached hydrogens (tertiary/aromatic N) is 2. The van der Waals surface area contributed by atoms with E-state index < -0.39 is 0 Å². The van der Waals surface area contributed by atoms with Crippen LogP contribution in [-0.4, -0.2) is 42.9 Å². The van der Waals surface area contributed by atoms with Crippen LogP contribution in [0.4, 0.5) is 5.69 Å². The summed E-state index contributed by atoms with van der Waals surface area (Å²) in [5, 5.41) is 11.7. The number of rotatable bonds is 7. The molecule has 0 saturated carbocycles. The van der Waals surface area contributed by atoms with Crippen LogP contribution in [0.2, 0.25) is 0 Å². The van der Waals surface area contributed by atoms with Crippen molar-refractivity contribution in [3.63, 3.8) is 0 Å². The molecule has 7 heteroatoms. The van der Waals surface area contributed by atoms with Gasteiger partial charge in [-0.3, -0.25) is 15.2 Å². The SMILES string of the molecule is N=C(C1=CC(C(=O)NCc2ccccn2)CC=C1N)c1ccc(N2CC(C3COC3)C2)cc1. The first kappa shape index (κ1) is 21.4. The first-order chi connectivity index (χ1) is 16.1. The zero-order chi connectivity index (χ0) is 22.8. The molecule has 7 nitrogen and oxygen atoms in total. The second-order valence-electron chi connectivity index (χ2n) is 9.01. The maximum Gasteiger partial charge on any atom is 0.227 e. The summed E-state index contributed by atoms with van der Waals surface area (Å²) in [5.74, 6) is 1.00. The lowest BCUT2D eigenvalue weighted by Crippen LogP contribution is -2.54. The first-order valence-electron chi connectivity index (χ1n) is 11.5. The molecule has 0 radical (unpaired) electrons. The molecule has 1 unspecified atom stereocenters. The molecule has 1 aromatic heterocycles. The average Bonchev–Trinajstić information content (AvgIpc) is 2.79. The largest absolute Gasteiger partial charge is 0.398 e. The summed E-state index contributed by atoms with van der Waals surface area (Å²) < 4.78 is 5.31. The minimum Gasteiger partial charge on any atom is -0.398 e. The van der Waals surface area contributed by atoms with Gasteiger partial charge in [0.1, 0.15) is 0 Å². The van der Waals surface area contributed by atoms with Crippen molar-refractivity contribution in [1.29, 1.82) is 5.41 Å². The standard InChI is InChI=1S/C26H29N5O2/c27-24-9-6-18(26(32)30-12-21-3-1-2-10-29-21)11-23(24)25(28)17-4-7-22(8-5-17)31-13-19(14-31)20-15-33-16-20/h1-5,7-11,18-20,28H,6,12-16,27H2,(H,30,32). The van der Waals surface area contributed by atoms with Crippen LogP contribution < -0.4 is 16.0 Å². The minimum absolute atomic E-state index is 0.0887. The zero-order valence-electron chi connectivity index (χ0n) is 18.5. The zero-order valence-corrected chi connectivity index (χ0v) is 18.5. The van der Waals surface area contributed by atoms with Crippen molar-refractivity contribution in [1.82, 2.24) is 10.3 Å². The van der Waals surface area contributed by atoms with Gasteiger partial charge in [0.15, 0.2) is 0 Å². The highest BCUT2D eigenvalue weighted by atomic mass is 16.5. The summed E-state index contributed by atoms with van der Waals surface area (Å²) >= 11 is 0. The fourth-order valence-corrected chi connectivity index (χ4v) is 4.49. The number of hydrogen-bond acceptors (Lipinski definition) is 6. The molecule has 2 aliphatic heterocycles. The molecule has 1 amide bonds. The molecule has 1 aliphatic carbocycles. The first-order valence-corrected chi connectivity index (χ1v) is 11.5. The summed E-state index contributed by atoms with van der Waals surface area (Å²) in [6.45, 7) is 4.33. The van der Waals surface area contributed by atoms with E-state index in [4.69, 9.17) is 15.9 Å². The minimum atomic E-state index is -0.357. The molecule has 2 saturated heterocycles. The number of pyridine rings is 1. The van der Waals surface area contributed by atoms with Gasteiger partial charge in [0.25, 0.3) is 0 Å². The monoisotopic (exact) mass is 443 g/mol. The smallest absolute Gasteiger partial charge is 0.227 e. The van der Waals surface area contributed by atoms with Crippen LogP contribution >= 0.6 is 0 Å². The fourth-order valence-electron chi connectivity index (χ4n) is 4.49. The van der Waals surface area contributed by atoms with Gasteiger partial charge in [0.05, 0.1) is 37.1 Å². The Morgan fingerprint density at radius 3 is 2.61 bits per heavy atom. The molecule has 33 heavy (non-hydrogen) atoms. The van der Waals surface area contributed by atoms with Crippen LogP contribution in [0.15, 0.2) is 72.1 Å². The van der Waals surface area contributed by atoms with Crippen LogP contribution in [0.25, 0.3) is 0 Å². The number of amides is 1. The third-order valence-corrected chi connectivity index (χ3v) is 6.81. The van der Waals surface area contributed by atoms with Gasteiger partial charge in [-0.25, -0.2) is 0 Å². The van der Waals surface area contributed by atoms with Crippen molar-refractivity contribution in [2.24, 2.45) is 23.5 Å². The predicted octanol–water partition coefficient (Wildman–Crippen LogP) is 2.64. The lowest BCUT2D eigenvalue weighted by Gasteiger charge is -2.47. The fraction of sp³-hybridized carbons (Fsp3) is 0.346. The Morgan fingerprint density at radius 1 is 1.15 bits per heavy atom. The van der Waals surface area contributed by atoms with E-state index in [1.807, 2.05) is 42.5 Å². The van der Waals surface area contributed by atoms with E-state index in [1.165, 1.54) is 5.69 Å². The lowest BCUT2D eigenvalue weighted by atomic mass is 9.84. The molecule has 1 aromatic carbocycles. The Bertz CT molecular complexity index is 1080.